The number of hydrogen-bond donors (Lipinski definition) is 2. The monoisotopic (exact) mass is 219 g/mol. The van der Waals surface area contributed by atoms with Crippen LogP contribution in [0.1, 0.15) is 12.8 Å². The van der Waals surface area contributed by atoms with E-state index in [9.17, 15) is 0 Å². The number of piperazine rings is 1. The molecule has 1 saturated carbocycles. The van der Waals surface area contributed by atoms with Crippen LogP contribution in [0.15, 0.2) is 12.3 Å². The fourth-order valence-corrected chi connectivity index (χ4v) is 1.90. The van der Waals surface area contributed by atoms with E-state index in [1.165, 1.54) is 12.8 Å². The van der Waals surface area contributed by atoms with Crippen molar-refractivity contribution in [2.24, 2.45) is 0 Å². The molecule has 2 fully saturated rings. The van der Waals surface area contributed by atoms with E-state index in [0.717, 1.165) is 37.9 Å². The molecule has 2 N–H and O–H groups in total. The predicted octanol–water partition coefficient (Wildman–Crippen LogP) is 0.460. The van der Waals surface area contributed by atoms with E-state index < -0.39 is 0 Å². The quantitative estimate of drug-likeness (QED) is 0.773. The molecule has 0 atom stereocenters. The molecule has 2 heterocycles. The lowest BCUT2D eigenvalue weighted by molar-refractivity contribution is 0.584. The highest BCUT2D eigenvalue weighted by Crippen LogP contribution is 2.23. The topological polar surface area (TPSA) is 53.1 Å². The second-order valence-corrected chi connectivity index (χ2v) is 4.39. The summed E-state index contributed by atoms with van der Waals surface area (Å²) in [4.78, 5) is 11.1. The Bertz CT molecular complexity index is 357. The molecule has 0 amide bonds. The first-order valence-electron chi connectivity index (χ1n) is 5.97. The first-order valence-corrected chi connectivity index (χ1v) is 5.97. The molecule has 0 spiro atoms. The fraction of sp³-hybridized carbons (Fsp3) is 0.636. The number of nitrogens with one attached hydrogen (secondary N) is 2. The lowest BCUT2D eigenvalue weighted by atomic mass is 10.3. The van der Waals surface area contributed by atoms with E-state index in [2.05, 4.69) is 25.5 Å². The molecule has 86 valence electrons. The van der Waals surface area contributed by atoms with Gasteiger partial charge in [0.15, 0.2) is 0 Å². The highest BCUT2D eigenvalue weighted by molar-refractivity contribution is 5.43. The van der Waals surface area contributed by atoms with Crippen molar-refractivity contribution in [3.63, 3.8) is 0 Å². The Morgan fingerprint density at radius 1 is 1.31 bits per heavy atom. The van der Waals surface area contributed by atoms with Crippen molar-refractivity contribution < 1.29 is 0 Å². The predicted molar refractivity (Wildman–Crippen MR) is 63.8 cm³/mol. The molecule has 2 aliphatic rings. The summed E-state index contributed by atoms with van der Waals surface area (Å²) in [6, 6.07) is 2.60. The lowest BCUT2D eigenvalue weighted by Crippen LogP contribution is -2.43. The van der Waals surface area contributed by atoms with E-state index in [0.29, 0.717) is 6.04 Å². The van der Waals surface area contributed by atoms with Crippen LogP contribution < -0.4 is 15.5 Å². The van der Waals surface area contributed by atoms with Gasteiger partial charge < -0.3 is 15.5 Å². The summed E-state index contributed by atoms with van der Waals surface area (Å²) in [7, 11) is 0. The summed E-state index contributed by atoms with van der Waals surface area (Å²) in [5, 5.41) is 6.67. The molecule has 0 radical (unpaired) electrons. The van der Waals surface area contributed by atoms with Gasteiger partial charge in [-0.1, -0.05) is 0 Å². The molecular weight excluding hydrogens is 202 g/mol. The van der Waals surface area contributed by atoms with Crippen LogP contribution in [0.4, 0.5) is 11.8 Å². The normalized spacial score (nSPS) is 20.9. The van der Waals surface area contributed by atoms with Gasteiger partial charge in [0.1, 0.15) is 5.82 Å². The molecule has 1 saturated heterocycles. The zero-order chi connectivity index (χ0) is 10.8. The lowest BCUT2D eigenvalue weighted by Gasteiger charge is -2.28. The molecular formula is C11H17N5. The Morgan fingerprint density at radius 2 is 2.12 bits per heavy atom. The molecule has 0 unspecified atom stereocenters. The fourth-order valence-electron chi connectivity index (χ4n) is 1.90. The summed E-state index contributed by atoms with van der Waals surface area (Å²) >= 11 is 0. The second-order valence-electron chi connectivity index (χ2n) is 4.39. The maximum Gasteiger partial charge on any atom is 0.224 e. The maximum atomic E-state index is 4.55. The zero-order valence-electron chi connectivity index (χ0n) is 9.32. The third kappa shape index (κ3) is 2.24. The first kappa shape index (κ1) is 9.84. The van der Waals surface area contributed by atoms with Crippen molar-refractivity contribution in [3.05, 3.63) is 12.3 Å². The minimum Gasteiger partial charge on any atom is -0.354 e. The Kier molecular flexibility index (Phi) is 2.61. The van der Waals surface area contributed by atoms with Crippen molar-refractivity contribution in [3.8, 4) is 0 Å². The van der Waals surface area contributed by atoms with Crippen molar-refractivity contribution in [1.82, 2.24) is 15.3 Å². The summed E-state index contributed by atoms with van der Waals surface area (Å²) in [5.41, 5.74) is 0. The van der Waals surface area contributed by atoms with E-state index in [-0.39, 0.29) is 0 Å². The Labute approximate surface area is 95.3 Å². The molecule has 1 aliphatic carbocycles. The molecule has 5 heteroatoms. The Hall–Kier alpha value is -1.36. The van der Waals surface area contributed by atoms with Gasteiger partial charge in [0.05, 0.1) is 0 Å². The summed E-state index contributed by atoms with van der Waals surface area (Å²) in [6.45, 7) is 4.13. The summed E-state index contributed by atoms with van der Waals surface area (Å²) in [6.07, 6.45) is 4.34. The molecule has 0 aromatic carbocycles. The van der Waals surface area contributed by atoms with Gasteiger partial charge in [-0.2, -0.15) is 4.98 Å². The van der Waals surface area contributed by atoms with Crippen molar-refractivity contribution in [1.29, 1.82) is 0 Å². The second kappa shape index (κ2) is 4.25. The average molecular weight is 219 g/mol. The summed E-state index contributed by atoms with van der Waals surface area (Å²) in [5.74, 6) is 1.82. The largest absolute Gasteiger partial charge is 0.354 e. The zero-order valence-corrected chi connectivity index (χ0v) is 9.32. The number of nitrogens with zero attached hydrogens (tertiary/aromatic N) is 3. The van der Waals surface area contributed by atoms with Crippen LogP contribution in [0.3, 0.4) is 0 Å². The SMILES string of the molecule is c1cc(N2CCNCC2)nc(NC2CC2)n1. The van der Waals surface area contributed by atoms with Gasteiger partial charge >= 0.3 is 0 Å². The molecule has 1 aromatic heterocycles. The van der Waals surface area contributed by atoms with Crippen LogP contribution in [0.2, 0.25) is 0 Å². The Balaban J connectivity index is 1.72. The molecule has 16 heavy (non-hydrogen) atoms. The Morgan fingerprint density at radius 3 is 2.88 bits per heavy atom. The van der Waals surface area contributed by atoms with Crippen LogP contribution in [-0.2, 0) is 0 Å². The highest BCUT2D eigenvalue weighted by atomic mass is 15.3. The van der Waals surface area contributed by atoms with Gasteiger partial charge in [0, 0.05) is 38.4 Å². The summed E-state index contributed by atoms with van der Waals surface area (Å²) < 4.78 is 0. The van der Waals surface area contributed by atoms with Crippen LogP contribution in [-0.4, -0.2) is 42.2 Å². The number of rotatable bonds is 3. The van der Waals surface area contributed by atoms with E-state index in [4.69, 9.17) is 0 Å². The minimum absolute atomic E-state index is 0.610. The van der Waals surface area contributed by atoms with E-state index in [1.54, 1.807) is 0 Å². The van der Waals surface area contributed by atoms with Crippen LogP contribution in [0, 0.1) is 0 Å². The first-order chi connectivity index (χ1) is 7.92. The molecule has 5 nitrogen and oxygen atoms in total. The third-order valence-electron chi connectivity index (χ3n) is 2.99. The molecule has 1 aromatic rings. The van der Waals surface area contributed by atoms with E-state index in [1.807, 2.05) is 12.3 Å². The van der Waals surface area contributed by atoms with Gasteiger partial charge in [-0.3, -0.25) is 0 Å². The van der Waals surface area contributed by atoms with Gasteiger partial charge in [0.2, 0.25) is 5.95 Å². The van der Waals surface area contributed by atoms with Gasteiger partial charge in [-0.25, -0.2) is 4.98 Å². The van der Waals surface area contributed by atoms with Gasteiger partial charge in [-0.05, 0) is 18.9 Å². The van der Waals surface area contributed by atoms with E-state index >= 15 is 0 Å². The third-order valence-corrected chi connectivity index (χ3v) is 2.99. The van der Waals surface area contributed by atoms with Crippen molar-refractivity contribution >= 4 is 11.8 Å². The highest BCUT2D eigenvalue weighted by Gasteiger charge is 2.22. The molecule has 1 aliphatic heterocycles. The smallest absolute Gasteiger partial charge is 0.224 e. The minimum atomic E-state index is 0.610. The number of anilines is 2. The molecule has 3 rings (SSSR count). The van der Waals surface area contributed by atoms with Gasteiger partial charge in [0.25, 0.3) is 0 Å². The molecule has 0 bridgehead atoms. The van der Waals surface area contributed by atoms with Crippen molar-refractivity contribution in [2.45, 2.75) is 18.9 Å². The van der Waals surface area contributed by atoms with Gasteiger partial charge in [-0.15, -0.1) is 0 Å². The van der Waals surface area contributed by atoms with Crippen LogP contribution in [0.25, 0.3) is 0 Å². The standard InChI is InChI=1S/C11H17N5/c1-2-9(1)14-11-13-4-3-10(15-11)16-7-5-12-6-8-16/h3-4,9,12H,1-2,5-8H2,(H,13,14,15). The van der Waals surface area contributed by atoms with Crippen molar-refractivity contribution in [2.75, 3.05) is 36.4 Å². The van der Waals surface area contributed by atoms with Crippen LogP contribution in [0.5, 0.6) is 0 Å². The van der Waals surface area contributed by atoms with Crippen LogP contribution >= 0.6 is 0 Å². The average Bonchev–Trinajstić information content (AvgIpc) is 3.15. The maximum absolute atomic E-state index is 4.55. The number of aromatic nitrogens is 2. The number of hydrogen-bond acceptors (Lipinski definition) is 5.